The van der Waals surface area contributed by atoms with E-state index in [4.69, 9.17) is 9.72 Å². The van der Waals surface area contributed by atoms with Gasteiger partial charge in [-0.25, -0.2) is 4.98 Å². The van der Waals surface area contributed by atoms with Crippen molar-refractivity contribution in [2.75, 3.05) is 19.7 Å². The van der Waals surface area contributed by atoms with Crippen LogP contribution in [0.4, 0.5) is 0 Å². The molecular weight excluding hydrogens is 398 g/mol. The van der Waals surface area contributed by atoms with E-state index in [-0.39, 0.29) is 5.92 Å². The van der Waals surface area contributed by atoms with Crippen molar-refractivity contribution in [3.8, 4) is 11.4 Å². The molecule has 1 aromatic heterocycles. The lowest BCUT2D eigenvalue weighted by atomic mass is 9.91. The van der Waals surface area contributed by atoms with Gasteiger partial charge >= 0.3 is 0 Å². The molecule has 5 nitrogen and oxygen atoms in total. The summed E-state index contributed by atoms with van der Waals surface area (Å²) in [5.74, 6) is 1.13. The molecule has 0 spiro atoms. The molecule has 1 aliphatic heterocycles. The number of hydrogen-bond donors (Lipinski definition) is 1. The first-order valence-electron chi connectivity index (χ1n) is 12.3. The van der Waals surface area contributed by atoms with Crippen LogP contribution in [0.1, 0.15) is 57.2 Å². The molecule has 2 fully saturated rings. The Morgan fingerprint density at radius 3 is 2.69 bits per heavy atom. The van der Waals surface area contributed by atoms with Crippen LogP contribution >= 0.6 is 0 Å². The van der Waals surface area contributed by atoms with Crippen LogP contribution in [0.25, 0.3) is 22.2 Å². The number of rotatable bonds is 7. The summed E-state index contributed by atoms with van der Waals surface area (Å²) in [5.41, 5.74) is 1.85. The van der Waals surface area contributed by atoms with E-state index in [9.17, 15) is 5.11 Å². The molecule has 32 heavy (non-hydrogen) atoms. The minimum absolute atomic E-state index is 0.260. The third-order valence-electron chi connectivity index (χ3n) is 7.41. The maximum atomic E-state index is 11.4. The van der Waals surface area contributed by atoms with Crippen LogP contribution < -0.4 is 0 Å². The van der Waals surface area contributed by atoms with E-state index in [1.54, 1.807) is 0 Å². The quantitative estimate of drug-likeness (QED) is 0.543. The van der Waals surface area contributed by atoms with E-state index in [1.165, 1.54) is 36.6 Å². The number of fused-ring (bicyclic) bond motifs is 1. The molecule has 170 valence electrons. The molecular formula is C27H35N3O2. The van der Waals surface area contributed by atoms with Gasteiger partial charge in [0.2, 0.25) is 0 Å². The molecule has 5 rings (SSSR count). The highest BCUT2D eigenvalue weighted by atomic mass is 16.5. The summed E-state index contributed by atoms with van der Waals surface area (Å²) in [6, 6.07) is 15.5. The second-order valence-corrected chi connectivity index (χ2v) is 9.36. The maximum absolute atomic E-state index is 11.4. The number of aliphatic hydroxyl groups excluding tert-OH is 1. The minimum atomic E-state index is -0.534. The molecule has 0 bridgehead atoms. The van der Waals surface area contributed by atoms with Crippen LogP contribution in [0.15, 0.2) is 48.7 Å². The van der Waals surface area contributed by atoms with Crippen molar-refractivity contribution < 1.29 is 9.84 Å². The molecule has 2 aliphatic rings. The summed E-state index contributed by atoms with van der Waals surface area (Å²) >= 11 is 0. The molecule has 2 aromatic carbocycles. The van der Waals surface area contributed by atoms with Crippen molar-refractivity contribution in [3.63, 3.8) is 0 Å². The third kappa shape index (κ3) is 4.34. The predicted octanol–water partition coefficient (Wildman–Crippen LogP) is 5.39. The van der Waals surface area contributed by atoms with Crippen LogP contribution in [-0.4, -0.2) is 45.3 Å². The Morgan fingerprint density at radius 1 is 1.03 bits per heavy atom. The molecule has 2 heterocycles. The van der Waals surface area contributed by atoms with Crippen molar-refractivity contribution in [2.24, 2.45) is 5.92 Å². The summed E-state index contributed by atoms with van der Waals surface area (Å²) in [4.78, 5) is 7.65. The van der Waals surface area contributed by atoms with Crippen LogP contribution in [0.5, 0.6) is 0 Å². The Morgan fingerprint density at radius 2 is 1.88 bits per heavy atom. The zero-order valence-electron chi connectivity index (χ0n) is 19.1. The normalized spacial score (nSPS) is 21.4. The van der Waals surface area contributed by atoms with Gasteiger partial charge in [0.05, 0.1) is 5.69 Å². The molecule has 1 saturated heterocycles. The summed E-state index contributed by atoms with van der Waals surface area (Å²) in [6.07, 6.45) is 8.81. The topological polar surface area (TPSA) is 50.5 Å². The molecule has 1 aliphatic carbocycles. The Labute approximate surface area is 191 Å². The molecule has 0 amide bonds. The fourth-order valence-electron chi connectivity index (χ4n) is 5.32. The summed E-state index contributed by atoms with van der Waals surface area (Å²) in [6.45, 7) is 5.36. The lowest BCUT2D eigenvalue weighted by Crippen LogP contribution is -2.40. The van der Waals surface area contributed by atoms with E-state index in [2.05, 4.69) is 51.9 Å². The smallest absolute Gasteiger partial charge is 0.142 e. The van der Waals surface area contributed by atoms with Crippen molar-refractivity contribution >= 4 is 10.8 Å². The molecule has 0 radical (unpaired) electrons. The SMILES string of the molecule is CCOCn1cc(C(O)C2CCCN(C3CCC3)CC2)nc1-c1cccc2ccccc12. The van der Waals surface area contributed by atoms with Gasteiger partial charge < -0.3 is 19.3 Å². The number of benzene rings is 2. The molecule has 3 aromatic rings. The number of hydrogen-bond acceptors (Lipinski definition) is 4. The van der Waals surface area contributed by atoms with Gasteiger partial charge in [-0.3, -0.25) is 0 Å². The van der Waals surface area contributed by atoms with E-state index in [0.29, 0.717) is 13.3 Å². The number of ether oxygens (including phenoxy) is 1. The van der Waals surface area contributed by atoms with Crippen LogP contribution in [0, 0.1) is 5.92 Å². The van der Waals surface area contributed by atoms with Gasteiger partial charge in [-0.1, -0.05) is 48.9 Å². The highest BCUT2D eigenvalue weighted by molar-refractivity contribution is 5.95. The third-order valence-corrected chi connectivity index (χ3v) is 7.41. The van der Waals surface area contributed by atoms with Crippen molar-refractivity contribution in [1.82, 2.24) is 14.5 Å². The zero-order chi connectivity index (χ0) is 21.9. The maximum Gasteiger partial charge on any atom is 0.142 e. The van der Waals surface area contributed by atoms with E-state index < -0.39 is 6.10 Å². The summed E-state index contributed by atoms with van der Waals surface area (Å²) in [7, 11) is 0. The Kier molecular flexibility index (Phi) is 6.58. The second kappa shape index (κ2) is 9.74. The Balaban J connectivity index is 1.42. The van der Waals surface area contributed by atoms with E-state index in [1.807, 2.05) is 13.1 Å². The average molecular weight is 434 g/mol. The first-order chi connectivity index (χ1) is 15.7. The lowest BCUT2D eigenvalue weighted by molar-refractivity contribution is 0.0838. The highest BCUT2D eigenvalue weighted by Gasteiger charge is 2.31. The molecule has 1 N–H and O–H groups in total. The van der Waals surface area contributed by atoms with Crippen molar-refractivity contribution in [2.45, 2.75) is 64.3 Å². The van der Waals surface area contributed by atoms with Crippen molar-refractivity contribution in [1.29, 1.82) is 0 Å². The number of aromatic nitrogens is 2. The fourth-order valence-corrected chi connectivity index (χ4v) is 5.32. The zero-order valence-corrected chi connectivity index (χ0v) is 19.1. The number of imidazole rings is 1. The van der Waals surface area contributed by atoms with Gasteiger partial charge in [-0.15, -0.1) is 0 Å². The molecule has 2 unspecified atom stereocenters. The first-order valence-corrected chi connectivity index (χ1v) is 12.3. The number of nitrogens with zero attached hydrogens (tertiary/aromatic N) is 3. The highest BCUT2D eigenvalue weighted by Crippen LogP contribution is 2.35. The molecule has 2 atom stereocenters. The van der Waals surface area contributed by atoms with E-state index in [0.717, 1.165) is 48.9 Å². The molecule has 5 heteroatoms. The summed E-state index contributed by atoms with van der Waals surface area (Å²) in [5, 5.41) is 13.7. The van der Waals surface area contributed by atoms with Gasteiger partial charge in [-0.2, -0.15) is 0 Å². The fraction of sp³-hybridized carbons (Fsp3) is 0.519. The largest absolute Gasteiger partial charge is 0.386 e. The van der Waals surface area contributed by atoms with Gasteiger partial charge in [0.1, 0.15) is 18.7 Å². The van der Waals surface area contributed by atoms with Crippen LogP contribution in [0.2, 0.25) is 0 Å². The minimum Gasteiger partial charge on any atom is -0.386 e. The predicted molar refractivity (Wildman–Crippen MR) is 128 cm³/mol. The average Bonchev–Trinajstić information content (AvgIpc) is 3.06. The lowest BCUT2D eigenvalue weighted by Gasteiger charge is -2.37. The molecule has 1 saturated carbocycles. The van der Waals surface area contributed by atoms with Gasteiger partial charge in [0, 0.05) is 24.4 Å². The number of aliphatic hydroxyl groups is 1. The second-order valence-electron chi connectivity index (χ2n) is 9.36. The van der Waals surface area contributed by atoms with Gasteiger partial charge in [-0.05, 0) is 68.8 Å². The van der Waals surface area contributed by atoms with E-state index >= 15 is 0 Å². The first kappa shape index (κ1) is 21.6. The van der Waals surface area contributed by atoms with Gasteiger partial charge in [0.15, 0.2) is 0 Å². The van der Waals surface area contributed by atoms with Crippen molar-refractivity contribution in [3.05, 3.63) is 54.4 Å². The standard InChI is InChI=1S/C27H35N3O2/c1-2-32-19-30-18-25(26(31)21-10-7-16-29(17-15-21)22-11-6-12-22)28-27(30)24-14-5-9-20-8-3-4-13-23(20)24/h3-5,8-9,13-14,18,21-22,26,31H,2,6-7,10-12,15-17,19H2,1H3. The monoisotopic (exact) mass is 433 g/mol. The van der Waals surface area contributed by atoms with Crippen LogP contribution in [-0.2, 0) is 11.5 Å². The van der Waals surface area contributed by atoms with Gasteiger partial charge in [0.25, 0.3) is 0 Å². The Hall–Kier alpha value is -2.21. The van der Waals surface area contributed by atoms with Crippen LogP contribution in [0.3, 0.4) is 0 Å². The number of likely N-dealkylation sites (tertiary alicyclic amines) is 1. The summed E-state index contributed by atoms with van der Waals surface area (Å²) < 4.78 is 7.80. The Bertz CT molecular complexity index is 1040.